The first-order valence-corrected chi connectivity index (χ1v) is 7.76. The molecule has 1 N–H and O–H groups in total. The number of carbonyl (C=O) groups excluding carboxylic acids is 1. The van der Waals surface area contributed by atoms with E-state index in [2.05, 4.69) is 41.7 Å². The molecule has 3 rings (SSSR count). The molecule has 22 heavy (non-hydrogen) atoms. The van der Waals surface area contributed by atoms with Crippen LogP contribution in [0.4, 0.5) is 0 Å². The van der Waals surface area contributed by atoms with E-state index in [1.807, 2.05) is 19.1 Å². The average molecular weight is 295 g/mol. The Morgan fingerprint density at radius 3 is 2.09 bits per heavy atom. The SMILES string of the molecule is CC(=O)NC(C)c1ccc(-c2ccc(OC3CC3)cc2)cc1. The molecule has 1 aliphatic carbocycles. The van der Waals surface area contributed by atoms with Gasteiger partial charge in [-0.05, 0) is 48.6 Å². The lowest BCUT2D eigenvalue weighted by Gasteiger charge is -2.13. The lowest BCUT2D eigenvalue weighted by atomic mass is 10.0. The molecule has 114 valence electrons. The number of nitrogens with one attached hydrogen (secondary N) is 1. The Morgan fingerprint density at radius 2 is 1.59 bits per heavy atom. The molecule has 0 radical (unpaired) electrons. The number of benzene rings is 2. The van der Waals surface area contributed by atoms with Crippen molar-refractivity contribution in [3.05, 3.63) is 54.1 Å². The zero-order chi connectivity index (χ0) is 15.5. The van der Waals surface area contributed by atoms with Crippen LogP contribution in [0.2, 0.25) is 0 Å². The van der Waals surface area contributed by atoms with Gasteiger partial charge in [-0.3, -0.25) is 4.79 Å². The summed E-state index contributed by atoms with van der Waals surface area (Å²) in [5.74, 6) is 0.935. The number of hydrogen-bond acceptors (Lipinski definition) is 2. The van der Waals surface area contributed by atoms with Gasteiger partial charge in [-0.1, -0.05) is 36.4 Å². The van der Waals surface area contributed by atoms with Crippen LogP contribution in [0.1, 0.15) is 38.3 Å². The third-order valence-electron chi connectivity index (χ3n) is 3.85. The summed E-state index contributed by atoms with van der Waals surface area (Å²) in [6.07, 6.45) is 2.78. The number of carbonyl (C=O) groups is 1. The van der Waals surface area contributed by atoms with Crippen LogP contribution in [0, 0.1) is 0 Å². The summed E-state index contributed by atoms with van der Waals surface area (Å²) >= 11 is 0. The van der Waals surface area contributed by atoms with Crippen molar-refractivity contribution in [2.24, 2.45) is 0 Å². The first-order chi connectivity index (χ1) is 10.6. The lowest BCUT2D eigenvalue weighted by molar-refractivity contribution is -0.119. The van der Waals surface area contributed by atoms with Crippen LogP contribution in [0.25, 0.3) is 11.1 Å². The average Bonchev–Trinajstić information content (AvgIpc) is 3.31. The van der Waals surface area contributed by atoms with Crippen molar-refractivity contribution < 1.29 is 9.53 Å². The topological polar surface area (TPSA) is 38.3 Å². The molecule has 0 spiro atoms. The quantitative estimate of drug-likeness (QED) is 0.902. The number of rotatable bonds is 5. The maximum Gasteiger partial charge on any atom is 0.217 e. The number of hydrogen-bond donors (Lipinski definition) is 1. The Morgan fingerprint density at radius 1 is 1.05 bits per heavy atom. The number of amides is 1. The van der Waals surface area contributed by atoms with Gasteiger partial charge in [-0.25, -0.2) is 0 Å². The Balaban J connectivity index is 1.70. The van der Waals surface area contributed by atoms with Crippen molar-refractivity contribution in [3.8, 4) is 16.9 Å². The Labute approximate surface area is 131 Å². The monoisotopic (exact) mass is 295 g/mol. The molecule has 1 atom stereocenters. The molecule has 0 heterocycles. The molecule has 0 bridgehead atoms. The highest BCUT2D eigenvalue weighted by Gasteiger charge is 2.23. The molecule has 1 unspecified atom stereocenters. The van der Waals surface area contributed by atoms with Gasteiger partial charge in [0, 0.05) is 6.92 Å². The molecule has 1 amide bonds. The fraction of sp³-hybridized carbons (Fsp3) is 0.316. The van der Waals surface area contributed by atoms with Crippen molar-refractivity contribution in [2.45, 2.75) is 38.8 Å². The third kappa shape index (κ3) is 3.67. The first-order valence-electron chi connectivity index (χ1n) is 7.76. The molecule has 3 heteroatoms. The molecule has 1 aliphatic rings. The van der Waals surface area contributed by atoms with E-state index in [0.29, 0.717) is 6.10 Å². The van der Waals surface area contributed by atoms with E-state index < -0.39 is 0 Å². The van der Waals surface area contributed by atoms with Gasteiger partial charge >= 0.3 is 0 Å². The van der Waals surface area contributed by atoms with Gasteiger partial charge in [-0.15, -0.1) is 0 Å². The summed E-state index contributed by atoms with van der Waals surface area (Å²) < 4.78 is 5.76. The molecule has 2 aromatic rings. The van der Waals surface area contributed by atoms with Crippen LogP contribution in [0.15, 0.2) is 48.5 Å². The highest BCUT2D eigenvalue weighted by Crippen LogP contribution is 2.29. The van der Waals surface area contributed by atoms with Gasteiger partial charge in [0.25, 0.3) is 0 Å². The molecular weight excluding hydrogens is 274 g/mol. The largest absolute Gasteiger partial charge is 0.490 e. The smallest absolute Gasteiger partial charge is 0.217 e. The van der Waals surface area contributed by atoms with Crippen molar-refractivity contribution in [3.63, 3.8) is 0 Å². The second-order valence-electron chi connectivity index (χ2n) is 5.89. The van der Waals surface area contributed by atoms with Crippen LogP contribution in [0.5, 0.6) is 5.75 Å². The van der Waals surface area contributed by atoms with E-state index in [0.717, 1.165) is 16.9 Å². The molecule has 2 aromatic carbocycles. The van der Waals surface area contributed by atoms with Crippen LogP contribution in [-0.4, -0.2) is 12.0 Å². The number of ether oxygens (including phenoxy) is 1. The minimum Gasteiger partial charge on any atom is -0.490 e. The molecule has 1 fully saturated rings. The van der Waals surface area contributed by atoms with Gasteiger partial charge in [-0.2, -0.15) is 0 Å². The van der Waals surface area contributed by atoms with Gasteiger partial charge in [0.2, 0.25) is 5.91 Å². The third-order valence-corrected chi connectivity index (χ3v) is 3.85. The van der Waals surface area contributed by atoms with Gasteiger partial charge < -0.3 is 10.1 Å². The van der Waals surface area contributed by atoms with Crippen molar-refractivity contribution in [1.82, 2.24) is 5.32 Å². The van der Waals surface area contributed by atoms with E-state index in [4.69, 9.17) is 4.74 Å². The molecule has 1 saturated carbocycles. The van der Waals surface area contributed by atoms with Crippen LogP contribution in [-0.2, 0) is 4.79 Å². The van der Waals surface area contributed by atoms with Crippen LogP contribution >= 0.6 is 0 Å². The highest BCUT2D eigenvalue weighted by molar-refractivity contribution is 5.73. The predicted molar refractivity (Wildman–Crippen MR) is 87.8 cm³/mol. The lowest BCUT2D eigenvalue weighted by Crippen LogP contribution is -2.23. The van der Waals surface area contributed by atoms with E-state index in [1.165, 1.54) is 25.3 Å². The summed E-state index contributed by atoms with van der Waals surface area (Å²) in [5, 5.41) is 2.89. The summed E-state index contributed by atoms with van der Waals surface area (Å²) in [5.41, 5.74) is 3.44. The van der Waals surface area contributed by atoms with Crippen LogP contribution in [0.3, 0.4) is 0 Å². The fourth-order valence-electron chi connectivity index (χ4n) is 2.46. The summed E-state index contributed by atoms with van der Waals surface area (Å²) in [4.78, 5) is 11.1. The van der Waals surface area contributed by atoms with Crippen molar-refractivity contribution in [2.75, 3.05) is 0 Å². The Kier molecular flexibility index (Phi) is 4.14. The normalized spacial score (nSPS) is 15.2. The van der Waals surface area contributed by atoms with Gasteiger partial charge in [0.15, 0.2) is 0 Å². The molecule has 0 aliphatic heterocycles. The van der Waals surface area contributed by atoms with Gasteiger partial charge in [0.1, 0.15) is 5.75 Å². The minimum atomic E-state index is -0.0113. The molecule has 0 aromatic heterocycles. The van der Waals surface area contributed by atoms with E-state index >= 15 is 0 Å². The zero-order valence-corrected chi connectivity index (χ0v) is 13.0. The summed E-state index contributed by atoms with van der Waals surface area (Å²) in [7, 11) is 0. The maximum atomic E-state index is 11.1. The van der Waals surface area contributed by atoms with Crippen LogP contribution < -0.4 is 10.1 Å². The molecule has 0 saturated heterocycles. The van der Waals surface area contributed by atoms with Gasteiger partial charge in [0.05, 0.1) is 12.1 Å². The maximum absolute atomic E-state index is 11.1. The first kappa shape index (κ1) is 14.6. The van der Waals surface area contributed by atoms with Crippen molar-refractivity contribution >= 4 is 5.91 Å². The summed E-state index contributed by atoms with van der Waals surface area (Å²) in [6.45, 7) is 3.52. The van der Waals surface area contributed by atoms with E-state index in [-0.39, 0.29) is 11.9 Å². The molecule has 3 nitrogen and oxygen atoms in total. The fourth-order valence-corrected chi connectivity index (χ4v) is 2.46. The Hall–Kier alpha value is -2.29. The zero-order valence-electron chi connectivity index (χ0n) is 13.0. The highest BCUT2D eigenvalue weighted by atomic mass is 16.5. The second-order valence-corrected chi connectivity index (χ2v) is 5.89. The minimum absolute atomic E-state index is 0.0113. The van der Waals surface area contributed by atoms with E-state index in [1.54, 1.807) is 0 Å². The summed E-state index contributed by atoms with van der Waals surface area (Å²) in [6, 6.07) is 16.6. The van der Waals surface area contributed by atoms with Crippen molar-refractivity contribution in [1.29, 1.82) is 0 Å². The Bertz CT molecular complexity index is 642. The second kappa shape index (κ2) is 6.22. The predicted octanol–water partition coefficient (Wildman–Crippen LogP) is 4.09. The van der Waals surface area contributed by atoms with E-state index in [9.17, 15) is 4.79 Å². The molecular formula is C19H21NO2. The standard InChI is InChI=1S/C19H21NO2/c1-13(20-14(2)21)15-3-5-16(6-4-15)17-7-9-18(10-8-17)22-19-11-12-19/h3-10,13,19H,11-12H2,1-2H3,(H,20,21).